The quantitative estimate of drug-likeness (QED) is 0.332. The van der Waals surface area contributed by atoms with Crippen LogP contribution in [0.4, 0.5) is 0 Å². The highest BCUT2D eigenvalue weighted by molar-refractivity contribution is 6.64. The number of halogens is 2. The van der Waals surface area contributed by atoms with Crippen LogP contribution in [0.15, 0.2) is 4.99 Å². The molecule has 0 saturated carbocycles. The second kappa shape index (κ2) is 6.17. The molecule has 0 atom stereocenters. The number of rotatable bonds is 1. The van der Waals surface area contributed by atoms with Crippen LogP contribution in [0.5, 0.6) is 0 Å². The van der Waals surface area contributed by atoms with Gasteiger partial charge in [0.2, 0.25) is 0 Å². The van der Waals surface area contributed by atoms with Crippen molar-refractivity contribution in [3.8, 4) is 0 Å². The minimum absolute atomic E-state index is 0. The van der Waals surface area contributed by atoms with Gasteiger partial charge in [-0.2, -0.15) is 0 Å². The van der Waals surface area contributed by atoms with E-state index in [1.807, 2.05) is 21.0 Å². The summed E-state index contributed by atoms with van der Waals surface area (Å²) in [6.45, 7) is 2.70. The molecular weight excluding hydrogens is 159 g/mol. The normalized spacial score (nSPS) is 10.4. The molecule has 0 spiro atoms. The summed E-state index contributed by atoms with van der Waals surface area (Å²) in [7, 11) is 3.73. The van der Waals surface area contributed by atoms with Gasteiger partial charge in [-0.1, -0.05) is 0 Å². The van der Waals surface area contributed by atoms with E-state index in [9.17, 15) is 0 Å². The fraction of sp³-hybridized carbons (Fsp3) is 0.800. The van der Waals surface area contributed by atoms with Crippen LogP contribution in [0.2, 0.25) is 0 Å². The molecular formula is C5H12Cl2N2. The van der Waals surface area contributed by atoms with Gasteiger partial charge in [0, 0.05) is 20.6 Å². The van der Waals surface area contributed by atoms with Crippen LogP contribution in [0.1, 0.15) is 6.92 Å². The Hall–Kier alpha value is 0.0500. The van der Waals surface area contributed by atoms with E-state index in [1.54, 1.807) is 4.90 Å². The van der Waals surface area contributed by atoms with Gasteiger partial charge >= 0.3 is 0 Å². The Morgan fingerprint density at radius 3 is 2.11 bits per heavy atom. The molecule has 0 heterocycles. The Labute approximate surface area is 67.3 Å². The summed E-state index contributed by atoms with van der Waals surface area (Å²) in [4.78, 5) is 5.70. The van der Waals surface area contributed by atoms with E-state index in [0.717, 1.165) is 6.54 Å². The van der Waals surface area contributed by atoms with Gasteiger partial charge in [0.15, 0.2) is 5.29 Å². The molecule has 0 amide bonds. The zero-order chi connectivity index (χ0) is 6.57. The molecule has 0 rings (SSSR count). The lowest BCUT2D eigenvalue weighted by Crippen LogP contribution is -2.16. The summed E-state index contributed by atoms with van der Waals surface area (Å²) in [6, 6.07) is 0. The van der Waals surface area contributed by atoms with Crippen molar-refractivity contribution in [2.24, 2.45) is 4.99 Å². The molecule has 2 nitrogen and oxygen atoms in total. The summed E-state index contributed by atoms with van der Waals surface area (Å²) in [5.74, 6) is 0. The molecule has 0 aliphatic rings. The van der Waals surface area contributed by atoms with Crippen LogP contribution in [-0.4, -0.2) is 30.8 Å². The summed E-state index contributed by atoms with van der Waals surface area (Å²) in [6.07, 6.45) is 0. The third-order valence-electron chi connectivity index (χ3n) is 0.658. The molecule has 0 N–H and O–H groups in total. The van der Waals surface area contributed by atoms with E-state index in [4.69, 9.17) is 11.6 Å². The predicted molar refractivity (Wildman–Crippen MR) is 44.8 cm³/mol. The van der Waals surface area contributed by atoms with Crippen molar-refractivity contribution in [2.45, 2.75) is 6.92 Å². The lowest BCUT2D eigenvalue weighted by Gasteiger charge is -2.06. The first-order chi connectivity index (χ1) is 3.68. The summed E-state index contributed by atoms with van der Waals surface area (Å²) >= 11 is 5.59. The summed E-state index contributed by atoms with van der Waals surface area (Å²) in [5.41, 5.74) is 0. The maximum absolute atomic E-state index is 5.59. The number of hydrogen-bond acceptors (Lipinski definition) is 1. The van der Waals surface area contributed by atoms with Crippen LogP contribution in [0, 0.1) is 0 Å². The molecule has 0 bridgehead atoms. The topological polar surface area (TPSA) is 15.6 Å². The average Bonchev–Trinajstić information content (AvgIpc) is 1.67. The highest BCUT2D eigenvalue weighted by Gasteiger charge is 1.90. The van der Waals surface area contributed by atoms with Gasteiger partial charge in [-0.15, -0.1) is 12.4 Å². The molecule has 0 aromatic carbocycles. The van der Waals surface area contributed by atoms with E-state index in [0.29, 0.717) is 5.29 Å². The van der Waals surface area contributed by atoms with Crippen molar-refractivity contribution in [3.63, 3.8) is 0 Å². The number of nitrogens with zero attached hydrogens (tertiary/aromatic N) is 2. The molecule has 9 heavy (non-hydrogen) atoms. The molecule has 0 radical (unpaired) electrons. The summed E-state index contributed by atoms with van der Waals surface area (Å²) in [5, 5.41) is 0.563. The predicted octanol–water partition coefficient (Wildman–Crippen LogP) is 1.58. The first-order valence-electron chi connectivity index (χ1n) is 2.55. The zero-order valence-corrected chi connectivity index (χ0v) is 7.46. The van der Waals surface area contributed by atoms with Gasteiger partial charge in [0.05, 0.1) is 0 Å². The lowest BCUT2D eigenvalue weighted by molar-refractivity contribution is 0.631. The molecule has 0 unspecified atom stereocenters. The molecule has 0 aliphatic carbocycles. The van der Waals surface area contributed by atoms with Crippen molar-refractivity contribution in [2.75, 3.05) is 20.6 Å². The zero-order valence-electron chi connectivity index (χ0n) is 5.89. The second-order valence-corrected chi connectivity index (χ2v) is 1.98. The van der Waals surface area contributed by atoms with Gasteiger partial charge in [-0.05, 0) is 18.5 Å². The average molecular weight is 171 g/mol. The number of hydrogen-bond donors (Lipinski definition) is 0. The van der Waals surface area contributed by atoms with Crippen LogP contribution in [0.3, 0.4) is 0 Å². The highest BCUT2D eigenvalue weighted by Crippen LogP contribution is 1.88. The Kier molecular flexibility index (Phi) is 8.09. The SMILES string of the molecule is CCN=C(Cl)N(C)C.Cl. The minimum atomic E-state index is 0. The van der Waals surface area contributed by atoms with Crippen molar-refractivity contribution < 1.29 is 0 Å². The van der Waals surface area contributed by atoms with E-state index in [-0.39, 0.29) is 12.4 Å². The monoisotopic (exact) mass is 170 g/mol. The van der Waals surface area contributed by atoms with Crippen molar-refractivity contribution in [1.82, 2.24) is 4.90 Å². The first kappa shape index (κ1) is 11.8. The minimum Gasteiger partial charge on any atom is -0.353 e. The molecule has 4 heteroatoms. The Morgan fingerprint density at radius 2 is 2.00 bits per heavy atom. The van der Waals surface area contributed by atoms with Gasteiger partial charge in [0.25, 0.3) is 0 Å². The van der Waals surface area contributed by atoms with Gasteiger partial charge in [-0.3, -0.25) is 4.99 Å². The van der Waals surface area contributed by atoms with Crippen LogP contribution in [0.25, 0.3) is 0 Å². The van der Waals surface area contributed by atoms with Gasteiger partial charge < -0.3 is 4.90 Å². The molecule has 0 aromatic rings. The summed E-state index contributed by atoms with van der Waals surface area (Å²) < 4.78 is 0. The standard InChI is InChI=1S/C5H11ClN2.ClH/c1-4-7-5(6)8(2)3;/h4H2,1-3H3;1H. The molecule has 0 fully saturated rings. The van der Waals surface area contributed by atoms with Gasteiger partial charge in [0.1, 0.15) is 0 Å². The maximum atomic E-state index is 5.59. The molecule has 0 aliphatic heterocycles. The third-order valence-corrected chi connectivity index (χ3v) is 1.12. The smallest absolute Gasteiger partial charge is 0.193 e. The van der Waals surface area contributed by atoms with E-state index >= 15 is 0 Å². The Morgan fingerprint density at radius 1 is 1.56 bits per heavy atom. The number of amidine groups is 1. The molecule has 0 aromatic heterocycles. The van der Waals surface area contributed by atoms with E-state index in [1.165, 1.54) is 0 Å². The van der Waals surface area contributed by atoms with Crippen molar-refractivity contribution >= 4 is 29.3 Å². The van der Waals surface area contributed by atoms with E-state index < -0.39 is 0 Å². The van der Waals surface area contributed by atoms with Crippen molar-refractivity contribution in [1.29, 1.82) is 0 Å². The fourth-order valence-corrected chi connectivity index (χ4v) is 0.391. The second-order valence-electron chi connectivity index (χ2n) is 1.64. The first-order valence-corrected chi connectivity index (χ1v) is 2.93. The maximum Gasteiger partial charge on any atom is 0.193 e. The highest BCUT2D eigenvalue weighted by atomic mass is 35.5. The third kappa shape index (κ3) is 5.93. The van der Waals surface area contributed by atoms with Crippen LogP contribution < -0.4 is 0 Å². The Balaban J connectivity index is 0. The van der Waals surface area contributed by atoms with Crippen LogP contribution >= 0.6 is 24.0 Å². The molecule has 56 valence electrons. The van der Waals surface area contributed by atoms with E-state index in [2.05, 4.69) is 4.99 Å². The largest absolute Gasteiger partial charge is 0.353 e. The molecule has 0 saturated heterocycles. The lowest BCUT2D eigenvalue weighted by atomic mass is 10.8. The Bertz CT molecular complexity index is 91.0. The van der Waals surface area contributed by atoms with Crippen molar-refractivity contribution in [3.05, 3.63) is 0 Å². The van der Waals surface area contributed by atoms with Gasteiger partial charge in [-0.25, -0.2) is 0 Å². The van der Waals surface area contributed by atoms with Crippen LogP contribution in [-0.2, 0) is 0 Å². The number of aliphatic imine (C=N–C) groups is 1. The fourth-order valence-electron chi connectivity index (χ4n) is 0.272.